The second-order valence-electron chi connectivity index (χ2n) is 8.70. The SMILES string of the molecule is NCC(N)C(=O)OCCCCCOc1ccc(C2=C(CC(F)(F)F)c3ccccc3CCC2)cc1. The van der Waals surface area contributed by atoms with Crippen molar-refractivity contribution in [3.05, 3.63) is 65.2 Å². The molecule has 0 fully saturated rings. The fourth-order valence-electron chi connectivity index (χ4n) is 4.22. The number of allylic oxidation sites excluding steroid dienone is 2. The van der Waals surface area contributed by atoms with E-state index in [1.165, 1.54) is 0 Å². The summed E-state index contributed by atoms with van der Waals surface area (Å²) in [4.78, 5) is 11.4. The first-order valence-corrected chi connectivity index (χ1v) is 12.0. The summed E-state index contributed by atoms with van der Waals surface area (Å²) in [5.74, 6) is 0.176. The maximum atomic E-state index is 13.5. The summed E-state index contributed by atoms with van der Waals surface area (Å²) in [5.41, 5.74) is 14.4. The summed E-state index contributed by atoms with van der Waals surface area (Å²) in [5, 5.41) is 0. The van der Waals surface area contributed by atoms with Crippen molar-refractivity contribution in [2.45, 2.75) is 57.2 Å². The van der Waals surface area contributed by atoms with Crippen LogP contribution in [0.2, 0.25) is 0 Å². The lowest BCUT2D eigenvalue weighted by Crippen LogP contribution is -2.39. The number of nitrogens with two attached hydrogens (primary N) is 2. The fraction of sp³-hybridized carbons (Fsp3) is 0.444. The second kappa shape index (κ2) is 12.7. The van der Waals surface area contributed by atoms with E-state index in [0.29, 0.717) is 42.9 Å². The van der Waals surface area contributed by atoms with Crippen LogP contribution in [0.5, 0.6) is 5.75 Å². The molecule has 8 heteroatoms. The first-order chi connectivity index (χ1) is 16.8. The number of halogens is 3. The van der Waals surface area contributed by atoms with E-state index >= 15 is 0 Å². The van der Waals surface area contributed by atoms with E-state index in [1.807, 2.05) is 24.3 Å². The van der Waals surface area contributed by atoms with Crippen LogP contribution in [0.1, 0.15) is 55.2 Å². The van der Waals surface area contributed by atoms with Gasteiger partial charge in [0.1, 0.15) is 11.8 Å². The summed E-state index contributed by atoms with van der Waals surface area (Å²) in [6.45, 7) is 0.838. The Morgan fingerprint density at radius 1 is 0.971 bits per heavy atom. The molecule has 1 aliphatic carbocycles. The number of carbonyl (C=O) groups is 1. The number of hydrogen-bond acceptors (Lipinski definition) is 5. The molecule has 0 radical (unpaired) electrons. The minimum Gasteiger partial charge on any atom is -0.494 e. The van der Waals surface area contributed by atoms with Crippen LogP contribution in [-0.4, -0.2) is 37.9 Å². The number of carbonyl (C=O) groups excluding carboxylic acids is 1. The van der Waals surface area contributed by atoms with Crippen molar-refractivity contribution in [1.29, 1.82) is 0 Å². The van der Waals surface area contributed by atoms with Crippen LogP contribution in [-0.2, 0) is 16.0 Å². The molecule has 0 saturated carbocycles. The Kier molecular flexibility index (Phi) is 9.74. The highest BCUT2D eigenvalue weighted by molar-refractivity contribution is 5.92. The van der Waals surface area contributed by atoms with Gasteiger partial charge in [-0.05, 0) is 78.5 Å². The normalized spacial score (nSPS) is 14.8. The van der Waals surface area contributed by atoms with Gasteiger partial charge in [-0.15, -0.1) is 0 Å². The van der Waals surface area contributed by atoms with Crippen LogP contribution in [0.15, 0.2) is 48.5 Å². The second-order valence-corrected chi connectivity index (χ2v) is 8.70. The Morgan fingerprint density at radius 2 is 1.69 bits per heavy atom. The van der Waals surface area contributed by atoms with Crippen molar-refractivity contribution in [2.75, 3.05) is 19.8 Å². The molecule has 0 spiro atoms. The Labute approximate surface area is 204 Å². The number of aryl methyl sites for hydroxylation is 1. The molecule has 3 rings (SSSR count). The predicted molar refractivity (Wildman–Crippen MR) is 131 cm³/mol. The van der Waals surface area contributed by atoms with E-state index in [9.17, 15) is 18.0 Å². The lowest BCUT2D eigenvalue weighted by atomic mass is 9.90. The standard InChI is InChI=1S/C27H33F3N2O3/c28-27(29,30)17-24-22-9-3-2-7-19(22)8-6-10-23(24)20-11-13-21(14-12-20)34-15-4-1-5-16-35-26(33)25(32)18-31/h2-3,7,9,11-14,25H,1,4-6,8,10,15-18,31-32H2. The molecule has 35 heavy (non-hydrogen) atoms. The molecular formula is C27H33F3N2O3. The summed E-state index contributed by atoms with van der Waals surface area (Å²) >= 11 is 0. The summed E-state index contributed by atoms with van der Waals surface area (Å²) in [6.07, 6.45) is -0.762. The van der Waals surface area contributed by atoms with Crippen LogP contribution in [0.25, 0.3) is 11.1 Å². The van der Waals surface area contributed by atoms with E-state index in [2.05, 4.69) is 0 Å². The van der Waals surface area contributed by atoms with Crippen LogP contribution >= 0.6 is 0 Å². The van der Waals surface area contributed by atoms with Gasteiger partial charge in [0, 0.05) is 6.54 Å². The molecule has 5 nitrogen and oxygen atoms in total. The quantitative estimate of drug-likeness (QED) is 0.331. The van der Waals surface area contributed by atoms with Crippen LogP contribution in [0.4, 0.5) is 13.2 Å². The van der Waals surface area contributed by atoms with Gasteiger partial charge in [0.25, 0.3) is 0 Å². The van der Waals surface area contributed by atoms with Gasteiger partial charge in [0.2, 0.25) is 0 Å². The van der Waals surface area contributed by atoms with Crippen LogP contribution in [0, 0.1) is 0 Å². The van der Waals surface area contributed by atoms with Gasteiger partial charge in [-0.3, -0.25) is 4.79 Å². The molecule has 0 aliphatic heterocycles. The largest absolute Gasteiger partial charge is 0.494 e. The molecule has 0 heterocycles. The zero-order valence-corrected chi connectivity index (χ0v) is 19.8. The average molecular weight is 491 g/mol. The Bertz CT molecular complexity index is 1000. The lowest BCUT2D eigenvalue weighted by molar-refractivity contribution is -0.145. The van der Waals surface area contributed by atoms with Crippen molar-refractivity contribution in [2.24, 2.45) is 11.5 Å². The molecule has 4 N–H and O–H groups in total. The van der Waals surface area contributed by atoms with Gasteiger partial charge in [-0.1, -0.05) is 36.4 Å². The van der Waals surface area contributed by atoms with Gasteiger partial charge in [-0.25, -0.2) is 0 Å². The molecule has 2 aromatic rings. The van der Waals surface area contributed by atoms with Crippen molar-refractivity contribution < 1.29 is 27.4 Å². The molecule has 1 aliphatic rings. The molecular weight excluding hydrogens is 457 g/mol. The molecule has 0 saturated heterocycles. The van der Waals surface area contributed by atoms with Gasteiger partial charge in [-0.2, -0.15) is 13.2 Å². The number of alkyl halides is 3. The van der Waals surface area contributed by atoms with Crippen LogP contribution in [0.3, 0.4) is 0 Å². The summed E-state index contributed by atoms with van der Waals surface area (Å²) in [6, 6.07) is 13.9. The number of unbranched alkanes of at least 4 members (excludes halogenated alkanes) is 2. The van der Waals surface area contributed by atoms with E-state index in [0.717, 1.165) is 42.4 Å². The van der Waals surface area contributed by atoms with Crippen molar-refractivity contribution in [3.8, 4) is 5.75 Å². The molecule has 2 aromatic carbocycles. The van der Waals surface area contributed by atoms with Crippen molar-refractivity contribution >= 4 is 17.1 Å². The third-order valence-corrected chi connectivity index (χ3v) is 6.02. The molecule has 1 atom stereocenters. The Hall–Kier alpha value is -2.84. The zero-order valence-electron chi connectivity index (χ0n) is 19.8. The third-order valence-electron chi connectivity index (χ3n) is 6.02. The predicted octanol–water partition coefficient (Wildman–Crippen LogP) is 5.26. The number of fused-ring (bicyclic) bond motifs is 1. The number of benzene rings is 2. The minimum atomic E-state index is -4.28. The Morgan fingerprint density at radius 3 is 2.40 bits per heavy atom. The number of hydrogen-bond donors (Lipinski definition) is 2. The lowest BCUT2D eigenvalue weighted by Gasteiger charge is -2.18. The number of rotatable bonds is 11. The van der Waals surface area contributed by atoms with E-state index < -0.39 is 24.6 Å². The van der Waals surface area contributed by atoms with Gasteiger partial charge in [0.05, 0.1) is 19.6 Å². The van der Waals surface area contributed by atoms with Gasteiger partial charge >= 0.3 is 12.1 Å². The van der Waals surface area contributed by atoms with E-state index in [-0.39, 0.29) is 6.54 Å². The minimum absolute atomic E-state index is 0.0552. The molecule has 0 bridgehead atoms. The molecule has 0 aromatic heterocycles. The Balaban J connectivity index is 1.58. The third kappa shape index (κ3) is 8.11. The molecule has 1 unspecified atom stereocenters. The summed E-state index contributed by atoms with van der Waals surface area (Å²) < 4.78 is 51.2. The summed E-state index contributed by atoms with van der Waals surface area (Å²) in [7, 11) is 0. The first-order valence-electron chi connectivity index (χ1n) is 12.0. The smallest absolute Gasteiger partial charge is 0.393 e. The maximum Gasteiger partial charge on any atom is 0.393 e. The number of esters is 1. The molecule has 190 valence electrons. The fourth-order valence-corrected chi connectivity index (χ4v) is 4.22. The highest BCUT2D eigenvalue weighted by atomic mass is 19.4. The highest BCUT2D eigenvalue weighted by Crippen LogP contribution is 2.41. The number of ether oxygens (including phenoxy) is 2. The zero-order chi connectivity index (χ0) is 25.3. The van der Waals surface area contributed by atoms with Gasteiger partial charge < -0.3 is 20.9 Å². The van der Waals surface area contributed by atoms with E-state index in [1.54, 1.807) is 24.3 Å². The van der Waals surface area contributed by atoms with Gasteiger partial charge in [0.15, 0.2) is 0 Å². The topological polar surface area (TPSA) is 87.6 Å². The monoisotopic (exact) mass is 490 g/mol. The maximum absolute atomic E-state index is 13.5. The van der Waals surface area contributed by atoms with Crippen molar-refractivity contribution in [3.63, 3.8) is 0 Å². The van der Waals surface area contributed by atoms with Crippen LogP contribution < -0.4 is 16.2 Å². The highest BCUT2D eigenvalue weighted by Gasteiger charge is 2.32. The molecule has 0 amide bonds. The van der Waals surface area contributed by atoms with Crippen molar-refractivity contribution in [1.82, 2.24) is 0 Å². The average Bonchev–Trinajstić information content (AvgIpc) is 3.01. The van der Waals surface area contributed by atoms with E-state index in [4.69, 9.17) is 20.9 Å². The first kappa shape index (κ1) is 26.8.